The molecule has 0 aliphatic heterocycles. The quantitative estimate of drug-likeness (QED) is 0.751. The molecule has 0 atom stereocenters. The summed E-state index contributed by atoms with van der Waals surface area (Å²) in [5.74, 6) is -1.42. The fraction of sp³-hybridized carbons (Fsp3) is 0. The van der Waals surface area contributed by atoms with Gasteiger partial charge in [0, 0.05) is 16.7 Å². The van der Waals surface area contributed by atoms with Crippen LogP contribution in [0.4, 0.5) is 14.5 Å². The van der Waals surface area contributed by atoms with Crippen LogP contribution in [0.1, 0.15) is 0 Å². The maximum absolute atomic E-state index is 13.2. The molecule has 2 aromatic carbocycles. The minimum atomic E-state index is -0.759. The van der Waals surface area contributed by atoms with Crippen LogP contribution in [-0.2, 0) is 0 Å². The lowest BCUT2D eigenvalue weighted by atomic mass is 10.0. The monoisotopic (exact) mass is 239 g/mol. The highest BCUT2D eigenvalue weighted by atomic mass is 35.5. The first-order valence-electron chi connectivity index (χ1n) is 4.58. The van der Waals surface area contributed by atoms with E-state index in [0.717, 1.165) is 6.07 Å². The van der Waals surface area contributed by atoms with Crippen LogP contribution in [0.3, 0.4) is 0 Å². The Labute approximate surface area is 96.5 Å². The summed E-state index contributed by atoms with van der Waals surface area (Å²) in [5.41, 5.74) is 6.43. The van der Waals surface area contributed by atoms with Crippen LogP contribution in [0.15, 0.2) is 36.4 Å². The van der Waals surface area contributed by atoms with Crippen molar-refractivity contribution in [3.63, 3.8) is 0 Å². The molecule has 0 saturated carbocycles. The first-order valence-corrected chi connectivity index (χ1v) is 4.96. The van der Waals surface area contributed by atoms with Crippen molar-refractivity contribution in [2.75, 3.05) is 5.73 Å². The Morgan fingerprint density at radius 2 is 1.62 bits per heavy atom. The van der Waals surface area contributed by atoms with Crippen molar-refractivity contribution < 1.29 is 8.78 Å². The van der Waals surface area contributed by atoms with E-state index >= 15 is 0 Å². The van der Waals surface area contributed by atoms with Crippen molar-refractivity contribution in [3.8, 4) is 11.1 Å². The van der Waals surface area contributed by atoms with Gasteiger partial charge in [-0.15, -0.1) is 0 Å². The summed E-state index contributed by atoms with van der Waals surface area (Å²) in [6.07, 6.45) is 0. The molecule has 0 saturated heterocycles. The SMILES string of the molecule is Nc1c(F)cc(F)cc1-c1ccc(Cl)cc1. The van der Waals surface area contributed by atoms with Crippen molar-refractivity contribution in [1.29, 1.82) is 0 Å². The van der Waals surface area contributed by atoms with Gasteiger partial charge in [0.25, 0.3) is 0 Å². The van der Waals surface area contributed by atoms with E-state index in [0.29, 0.717) is 16.1 Å². The van der Waals surface area contributed by atoms with E-state index in [4.69, 9.17) is 17.3 Å². The first kappa shape index (κ1) is 10.9. The van der Waals surface area contributed by atoms with Crippen LogP contribution in [0.5, 0.6) is 0 Å². The fourth-order valence-electron chi connectivity index (χ4n) is 1.45. The van der Waals surface area contributed by atoms with Crippen molar-refractivity contribution in [2.24, 2.45) is 0 Å². The number of hydrogen-bond acceptors (Lipinski definition) is 1. The normalized spacial score (nSPS) is 10.4. The smallest absolute Gasteiger partial charge is 0.149 e. The van der Waals surface area contributed by atoms with Gasteiger partial charge in [-0.1, -0.05) is 23.7 Å². The number of hydrogen-bond donors (Lipinski definition) is 1. The van der Waals surface area contributed by atoms with E-state index in [1.165, 1.54) is 6.07 Å². The second kappa shape index (κ2) is 4.10. The lowest BCUT2D eigenvalue weighted by molar-refractivity contribution is 0.587. The van der Waals surface area contributed by atoms with Crippen LogP contribution in [0, 0.1) is 11.6 Å². The Hall–Kier alpha value is -1.61. The second-order valence-corrected chi connectivity index (χ2v) is 3.79. The maximum Gasteiger partial charge on any atom is 0.149 e. The predicted molar refractivity (Wildman–Crippen MR) is 61.2 cm³/mol. The van der Waals surface area contributed by atoms with Gasteiger partial charge in [0.15, 0.2) is 0 Å². The van der Waals surface area contributed by atoms with E-state index in [-0.39, 0.29) is 5.69 Å². The summed E-state index contributed by atoms with van der Waals surface area (Å²) >= 11 is 5.72. The summed E-state index contributed by atoms with van der Waals surface area (Å²) in [5, 5.41) is 0.555. The summed E-state index contributed by atoms with van der Waals surface area (Å²) in [6.45, 7) is 0. The van der Waals surface area contributed by atoms with Crippen molar-refractivity contribution in [2.45, 2.75) is 0 Å². The standard InChI is InChI=1S/C12H8ClF2N/c13-8-3-1-7(2-4-8)10-5-9(14)6-11(15)12(10)16/h1-6H,16H2. The van der Waals surface area contributed by atoms with Crippen LogP contribution in [0.2, 0.25) is 5.02 Å². The fourth-order valence-corrected chi connectivity index (χ4v) is 1.58. The Bertz CT molecular complexity index is 523. The van der Waals surface area contributed by atoms with Gasteiger partial charge in [0.2, 0.25) is 0 Å². The van der Waals surface area contributed by atoms with E-state index < -0.39 is 11.6 Å². The predicted octanol–water partition coefficient (Wildman–Crippen LogP) is 3.87. The highest BCUT2D eigenvalue weighted by Crippen LogP contribution is 2.29. The molecule has 16 heavy (non-hydrogen) atoms. The van der Waals surface area contributed by atoms with E-state index in [2.05, 4.69) is 0 Å². The minimum absolute atomic E-state index is 0.0660. The van der Waals surface area contributed by atoms with Crippen molar-refractivity contribution in [1.82, 2.24) is 0 Å². The Balaban J connectivity index is 2.59. The average molecular weight is 240 g/mol. The van der Waals surface area contributed by atoms with Crippen LogP contribution < -0.4 is 5.73 Å². The number of halogens is 3. The van der Waals surface area contributed by atoms with Crippen LogP contribution in [0.25, 0.3) is 11.1 Å². The molecule has 0 heterocycles. The average Bonchev–Trinajstić information content (AvgIpc) is 2.25. The Morgan fingerprint density at radius 1 is 1.00 bits per heavy atom. The molecule has 4 heteroatoms. The molecule has 0 amide bonds. The Morgan fingerprint density at radius 3 is 2.25 bits per heavy atom. The molecule has 2 rings (SSSR count). The van der Waals surface area contributed by atoms with Gasteiger partial charge in [-0.3, -0.25) is 0 Å². The number of anilines is 1. The molecule has 0 bridgehead atoms. The molecular formula is C12H8ClF2N. The van der Waals surface area contributed by atoms with Gasteiger partial charge < -0.3 is 5.73 Å². The molecule has 0 fully saturated rings. The molecule has 0 aromatic heterocycles. The van der Waals surface area contributed by atoms with Gasteiger partial charge in [0.05, 0.1) is 5.69 Å². The van der Waals surface area contributed by atoms with Gasteiger partial charge in [0.1, 0.15) is 11.6 Å². The third-order valence-electron chi connectivity index (χ3n) is 2.25. The third kappa shape index (κ3) is 1.99. The highest BCUT2D eigenvalue weighted by molar-refractivity contribution is 6.30. The molecule has 0 aliphatic rings. The zero-order valence-corrected chi connectivity index (χ0v) is 8.93. The number of benzene rings is 2. The Kier molecular flexibility index (Phi) is 2.79. The maximum atomic E-state index is 13.2. The number of nitrogen functional groups attached to an aromatic ring is 1. The summed E-state index contributed by atoms with van der Waals surface area (Å²) in [7, 11) is 0. The molecule has 1 nitrogen and oxygen atoms in total. The third-order valence-corrected chi connectivity index (χ3v) is 2.50. The summed E-state index contributed by atoms with van der Waals surface area (Å²) in [6, 6.07) is 8.55. The lowest BCUT2D eigenvalue weighted by Gasteiger charge is -2.07. The number of rotatable bonds is 1. The zero-order valence-electron chi connectivity index (χ0n) is 8.18. The summed E-state index contributed by atoms with van der Waals surface area (Å²) in [4.78, 5) is 0. The highest BCUT2D eigenvalue weighted by Gasteiger charge is 2.09. The van der Waals surface area contributed by atoms with E-state index in [9.17, 15) is 8.78 Å². The lowest BCUT2D eigenvalue weighted by Crippen LogP contribution is -1.96. The van der Waals surface area contributed by atoms with Gasteiger partial charge >= 0.3 is 0 Å². The van der Waals surface area contributed by atoms with Crippen molar-refractivity contribution >= 4 is 17.3 Å². The van der Waals surface area contributed by atoms with Gasteiger partial charge in [-0.05, 0) is 23.8 Å². The van der Waals surface area contributed by atoms with Gasteiger partial charge in [-0.25, -0.2) is 8.78 Å². The molecule has 0 radical (unpaired) electrons. The van der Waals surface area contributed by atoms with Crippen molar-refractivity contribution in [3.05, 3.63) is 53.1 Å². The molecule has 82 valence electrons. The molecule has 0 unspecified atom stereocenters. The van der Waals surface area contributed by atoms with E-state index in [1.807, 2.05) is 0 Å². The molecular weight excluding hydrogens is 232 g/mol. The van der Waals surface area contributed by atoms with Gasteiger partial charge in [-0.2, -0.15) is 0 Å². The largest absolute Gasteiger partial charge is 0.396 e. The number of nitrogens with two attached hydrogens (primary N) is 1. The molecule has 2 N–H and O–H groups in total. The topological polar surface area (TPSA) is 26.0 Å². The van der Waals surface area contributed by atoms with Crippen LogP contribution >= 0.6 is 11.6 Å². The first-order chi connectivity index (χ1) is 7.58. The molecule has 0 aliphatic carbocycles. The second-order valence-electron chi connectivity index (χ2n) is 3.36. The summed E-state index contributed by atoms with van der Waals surface area (Å²) < 4.78 is 26.3. The zero-order chi connectivity index (χ0) is 11.7. The van der Waals surface area contributed by atoms with E-state index in [1.54, 1.807) is 24.3 Å². The van der Waals surface area contributed by atoms with Crippen LogP contribution in [-0.4, -0.2) is 0 Å². The molecule has 0 spiro atoms. The molecule has 2 aromatic rings. The minimum Gasteiger partial charge on any atom is -0.396 e.